The molecule has 0 spiro atoms. The highest BCUT2D eigenvalue weighted by atomic mass is 16.6. The van der Waals surface area contributed by atoms with E-state index >= 15 is 0 Å². The van der Waals surface area contributed by atoms with Gasteiger partial charge in [0, 0.05) is 24.6 Å². The van der Waals surface area contributed by atoms with Crippen LogP contribution in [0.25, 0.3) is 0 Å². The van der Waals surface area contributed by atoms with Crippen molar-refractivity contribution in [3.8, 4) is 17.6 Å². The molecule has 216 valence electrons. The fraction of sp³-hybridized carbons (Fsp3) is 0.281. The van der Waals surface area contributed by atoms with Gasteiger partial charge in [-0.05, 0) is 41.0 Å². The van der Waals surface area contributed by atoms with Crippen molar-refractivity contribution in [2.24, 2.45) is 5.92 Å². The van der Waals surface area contributed by atoms with Gasteiger partial charge in [-0.3, -0.25) is 14.3 Å². The molecule has 1 saturated heterocycles. The number of hydrogen-bond acceptors (Lipinski definition) is 8. The van der Waals surface area contributed by atoms with Crippen LogP contribution >= 0.6 is 0 Å². The number of nitriles is 1. The topological polar surface area (TPSA) is 136 Å². The van der Waals surface area contributed by atoms with Crippen LogP contribution in [-0.4, -0.2) is 47.7 Å². The Bertz CT molecular complexity index is 1600. The van der Waals surface area contributed by atoms with Gasteiger partial charge in [0.15, 0.2) is 0 Å². The van der Waals surface area contributed by atoms with E-state index in [0.29, 0.717) is 11.5 Å². The van der Waals surface area contributed by atoms with Crippen molar-refractivity contribution >= 4 is 0 Å². The van der Waals surface area contributed by atoms with Crippen molar-refractivity contribution in [1.29, 1.82) is 5.26 Å². The molecule has 1 aliphatic rings. The van der Waals surface area contributed by atoms with Crippen LogP contribution in [0.4, 0.5) is 0 Å². The molecule has 10 nitrogen and oxygen atoms in total. The molecule has 2 heterocycles. The Morgan fingerprint density at radius 3 is 2.00 bits per heavy atom. The lowest BCUT2D eigenvalue weighted by Gasteiger charge is -2.37. The van der Waals surface area contributed by atoms with Gasteiger partial charge in [0.25, 0.3) is 5.56 Å². The van der Waals surface area contributed by atoms with Crippen molar-refractivity contribution < 1.29 is 24.1 Å². The molecule has 0 radical (unpaired) electrons. The van der Waals surface area contributed by atoms with Crippen LogP contribution in [0.2, 0.25) is 0 Å². The Morgan fingerprint density at radius 1 is 0.905 bits per heavy atom. The number of hydrogen-bond donors (Lipinski definition) is 2. The second kappa shape index (κ2) is 12.4. The molecule has 0 aliphatic carbocycles. The smallest absolute Gasteiger partial charge is 0.330 e. The van der Waals surface area contributed by atoms with Gasteiger partial charge in [-0.15, -0.1) is 0 Å². The number of ether oxygens (including phenoxy) is 4. The first kappa shape index (κ1) is 28.8. The van der Waals surface area contributed by atoms with Gasteiger partial charge in [-0.1, -0.05) is 54.6 Å². The molecule has 4 aromatic rings. The largest absolute Gasteiger partial charge is 0.497 e. The summed E-state index contributed by atoms with van der Waals surface area (Å²) in [7, 11) is 3.19. The summed E-state index contributed by atoms with van der Waals surface area (Å²) in [4.78, 5) is 26.4. The van der Waals surface area contributed by atoms with Crippen LogP contribution in [0, 0.1) is 17.2 Å². The summed E-state index contributed by atoms with van der Waals surface area (Å²) >= 11 is 0. The van der Waals surface area contributed by atoms with Crippen LogP contribution < -0.4 is 20.7 Å². The van der Waals surface area contributed by atoms with E-state index in [9.17, 15) is 20.0 Å². The number of H-pyrrole nitrogens is 1. The Balaban J connectivity index is 1.58. The molecule has 4 atom stereocenters. The molecule has 0 amide bonds. The maximum Gasteiger partial charge on any atom is 0.330 e. The standard InChI is InChI=1S/C32H31N3O7/c1-39-24-12-8-22(9-13-24)32(21-6-4-3-5-7-21,23-10-14-25(40-2)15-11-23)41-20-27-29(37)26(16-18-33)30(42-27)35-19-17-28(36)34-31(35)38/h3-15,17,19,26-27,29-30,37H,16,20H2,1-2H3,(H,34,36,38)/t26-,27-,29+,30-/m1/s1. The lowest BCUT2D eigenvalue weighted by molar-refractivity contribution is -0.0948. The fourth-order valence-electron chi connectivity index (χ4n) is 5.45. The summed E-state index contributed by atoms with van der Waals surface area (Å²) in [5.74, 6) is 0.623. The average molecular weight is 570 g/mol. The Labute approximate surface area is 242 Å². The van der Waals surface area contributed by atoms with Crippen molar-refractivity contribution in [2.75, 3.05) is 20.8 Å². The number of aliphatic hydroxyl groups excluding tert-OH is 1. The number of nitrogens with one attached hydrogen (secondary N) is 1. The van der Waals surface area contributed by atoms with E-state index < -0.39 is 41.2 Å². The number of aliphatic hydroxyl groups is 1. The molecule has 1 aromatic heterocycles. The van der Waals surface area contributed by atoms with Crippen molar-refractivity contribution in [1.82, 2.24) is 9.55 Å². The highest BCUT2D eigenvalue weighted by Gasteiger charge is 2.47. The summed E-state index contributed by atoms with van der Waals surface area (Å²) in [6, 6.07) is 28.0. The van der Waals surface area contributed by atoms with Crippen LogP contribution in [-0.2, 0) is 15.1 Å². The van der Waals surface area contributed by atoms with Crippen LogP contribution in [0.5, 0.6) is 11.5 Å². The van der Waals surface area contributed by atoms with E-state index in [1.807, 2.05) is 78.9 Å². The third-order valence-electron chi connectivity index (χ3n) is 7.59. The molecular weight excluding hydrogens is 538 g/mol. The average Bonchev–Trinajstić information content (AvgIpc) is 3.33. The van der Waals surface area contributed by atoms with E-state index in [2.05, 4.69) is 11.1 Å². The monoisotopic (exact) mass is 569 g/mol. The number of rotatable bonds is 10. The summed E-state index contributed by atoms with van der Waals surface area (Å²) in [6.45, 7) is -0.0926. The van der Waals surface area contributed by atoms with Gasteiger partial charge in [0.2, 0.25) is 0 Å². The lowest BCUT2D eigenvalue weighted by atomic mass is 9.80. The van der Waals surface area contributed by atoms with Crippen LogP contribution in [0.15, 0.2) is 101 Å². The predicted octanol–water partition coefficient (Wildman–Crippen LogP) is 3.35. The van der Waals surface area contributed by atoms with Gasteiger partial charge < -0.3 is 24.1 Å². The first-order valence-electron chi connectivity index (χ1n) is 13.4. The molecule has 2 N–H and O–H groups in total. The molecule has 0 saturated carbocycles. The maximum absolute atomic E-state index is 12.6. The Morgan fingerprint density at radius 2 is 1.48 bits per heavy atom. The Kier molecular flexibility index (Phi) is 8.54. The minimum atomic E-state index is -1.15. The van der Waals surface area contributed by atoms with Gasteiger partial charge in [-0.25, -0.2) is 4.79 Å². The zero-order valence-corrected chi connectivity index (χ0v) is 23.2. The van der Waals surface area contributed by atoms with Gasteiger partial charge in [0.05, 0.1) is 33.0 Å². The van der Waals surface area contributed by atoms with E-state index in [4.69, 9.17) is 18.9 Å². The third-order valence-corrected chi connectivity index (χ3v) is 7.59. The molecule has 10 heteroatoms. The summed E-state index contributed by atoms with van der Waals surface area (Å²) in [5.41, 5.74) is 0.0241. The van der Waals surface area contributed by atoms with Crippen molar-refractivity contribution in [2.45, 2.75) is 30.5 Å². The number of benzene rings is 3. The normalized spacial score (nSPS) is 20.1. The second-order valence-electron chi connectivity index (χ2n) is 9.91. The van der Waals surface area contributed by atoms with Crippen molar-refractivity contribution in [3.63, 3.8) is 0 Å². The summed E-state index contributed by atoms with van der Waals surface area (Å²) in [5, 5.41) is 20.8. The SMILES string of the molecule is COc1ccc(C(OC[C@H]2O[C@@H](n3ccc(=O)[nH]c3=O)[C@H](CC#N)[C@@H]2O)(c2ccccc2)c2ccc(OC)cc2)cc1. The van der Waals surface area contributed by atoms with E-state index in [-0.39, 0.29) is 13.0 Å². The predicted molar refractivity (Wildman–Crippen MR) is 153 cm³/mol. The van der Waals surface area contributed by atoms with Crippen LogP contribution in [0.3, 0.4) is 0 Å². The molecule has 3 aromatic carbocycles. The molecule has 5 rings (SSSR count). The number of methoxy groups -OCH3 is 2. The highest BCUT2D eigenvalue weighted by molar-refractivity contribution is 5.49. The molecule has 42 heavy (non-hydrogen) atoms. The zero-order valence-electron chi connectivity index (χ0n) is 23.2. The zero-order chi connectivity index (χ0) is 29.7. The first-order valence-corrected chi connectivity index (χ1v) is 13.4. The Hall–Kier alpha value is -4.69. The first-order chi connectivity index (χ1) is 20.4. The number of nitrogens with zero attached hydrogens (tertiary/aromatic N) is 2. The lowest BCUT2D eigenvalue weighted by Crippen LogP contribution is -2.38. The third kappa shape index (κ3) is 5.45. The van der Waals surface area contributed by atoms with E-state index in [1.165, 1.54) is 16.8 Å². The van der Waals surface area contributed by atoms with Gasteiger partial charge >= 0.3 is 5.69 Å². The second-order valence-corrected chi connectivity index (χ2v) is 9.91. The molecular formula is C32H31N3O7. The molecule has 0 bridgehead atoms. The maximum atomic E-state index is 12.6. The molecule has 1 aliphatic heterocycles. The summed E-state index contributed by atoms with van der Waals surface area (Å²) < 4.78 is 25.0. The van der Waals surface area contributed by atoms with Crippen LogP contribution in [0.1, 0.15) is 29.3 Å². The highest BCUT2D eigenvalue weighted by Crippen LogP contribution is 2.43. The van der Waals surface area contributed by atoms with E-state index in [1.54, 1.807) is 14.2 Å². The van der Waals surface area contributed by atoms with Gasteiger partial charge in [-0.2, -0.15) is 5.26 Å². The quantitative estimate of drug-likeness (QED) is 0.278. The molecule has 1 fully saturated rings. The van der Waals surface area contributed by atoms with Crippen molar-refractivity contribution in [3.05, 3.63) is 129 Å². The van der Waals surface area contributed by atoms with E-state index in [0.717, 1.165) is 16.7 Å². The van der Waals surface area contributed by atoms with Gasteiger partial charge in [0.1, 0.15) is 29.4 Å². The summed E-state index contributed by atoms with van der Waals surface area (Å²) in [6.07, 6.45) is -1.78. The fourth-order valence-corrected chi connectivity index (χ4v) is 5.45. The minimum absolute atomic E-state index is 0.0747. The number of aromatic nitrogens is 2. The number of aromatic amines is 1. The molecule has 0 unspecified atom stereocenters. The minimum Gasteiger partial charge on any atom is -0.497 e.